The Morgan fingerprint density at radius 3 is 2.52 bits per heavy atom. The van der Waals surface area contributed by atoms with E-state index in [1.165, 1.54) is 12.1 Å². The zero-order valence-corrected chi connectivity index (χ0v) is 17.1. The minimum atomic E-state index is -4.51. The van der Waals surface area contributed by atoms with Crippen molar-refractivity contribution in [2.24, 2.45) is 4.99 Å². The molecule has 1 unspecified atom stereocenters. The molecular weight excluding hydrogens is 405 g/mol. The molecule has 8 heteroatoms. The summed E-state index contributed by atoms with van der Waals surface area (Å²) in [4.78, 5) is 13.5. The molecule has 1 N–H and O–H groups in total. The number of alkyl halides is 3. The monoisotopic (exact) mass is 426 g/mol. The Morgan fingerprint density at radius 2 is 1.77 bits per heavy atom. The number of rotatable bonds is 5. The summed E-state index contributed by atoms with van der Waals surface area (Å²) in [7, 11) is 1.63. The number of benzene rings is 2. The summed E-state index contributed by atoms with van der Waals surface area (Å²) in [6.07, 6.45) is -1.80. The average molecular weight is 426 g/mol. The van der Waals surface area contributed by atoms with Crippen molar-refractivity contribution < 1.29 is 17.9 Å². The van der Waals surface area contributed by atoms with E-state index in [-0.39, 0.29) is 17.4 Å². The highest BCUT2D eigenvalue weighted by molar-refractivity contribution is 6.09. The highest BCUT2D eigenvalue weighted by Gasteiger charge is 2.34. The Labute approximate surface area is 177 Å². The number of anilines is 1. The quantitative estimate of drug-likeness (QED) is 0.586. The van der Waals surface area contributed by atoms with Crippen LogP contribution in [0.2, 0.25) is 0 Å². The molecule has 0 bridgehead atoms. The number of nitrogens with one attached hydrogen (secondary N) is 1. The van der Waals surface area contributed by atoms with Gasteiger partial charge in [-0.3, -0.25) is 4.99 Å². The zero-order chi connectivity index (χ0) is 22.0. The molecule has 1 aliphatic rings. The van der Waals surface area contributed by atoms with Gasteiger partial charge >= 0.3 is 6.18 Å². The molecule has 1 aromatic heterocycles. The van der Waals surface area contributed by atoms with E-state index in [2.05, 4.69) is 20.3 Å². The van der Waals surface area contributed by atoms with Crippen molar-refractivity contribution in [1.82, 2.24) is 9.97 Å². The number of nitrogens with zero attached hydrogens (tertiary/aromatic N) is 3. The third-order valence-corrected chi connectivity index (χ3v) is 5.07. The molecule has 0 amide bonds. The number of methoxy groups -OCH3 is 1. The van der Waals surface area contributed by atoms with Crippen molar-refractivity contribution in [2.45, 2.75) is 25.6 Å². The van der Waals surface area contributed by atoms with Gasteiger partial charge in [-0.05, 0) is 36.3 Å². The van der Waals surface area contributed by atoms with Crippen LogP contribution in [0.3, 0.4) is 0 Å². The maximum Gasteiger partial charge on any atom is 0.417 e. The first-order chi connectivity index (χ1) is 14.9. The Kier molecular flexibility index (Phi) is 5.73. The van der Waals surface area contributed by atoms with E-state index in [0.717, 1.165) is 18.1 Å². The minimum Gasteiger partial charge on any atom is -0.380 e. The van der Waals surface area contributed by atoms with Crippen LogP contribution in [0.1, 0.15) is 18.9 Å². The first-order valence-electron chi connectivity index (χ1n) is 9.88. The molecule has 1 atom stereocenters. The number of halogens is 3. The molecule has 160 valence electrons. The summed E-state index contributed by atoms with van der Waals surface area (Å²) in [6.45, 7) is 2.49. The molecule has 4 rings (SSSR count). The number of para-hydroxylation sites is 1. The Bertz CT molecular complexity index is 1170. The van der Waals surface area contributed by atoms with Crippen molar-refractivity contribution in [3.8, 4) is 11.4 Å². The fraction of sp³-hybridized carbons (Fsp3) is 0.261. The van der Waals surface area contributed by atoms with E-state index < -0.39 is 11.7 Å². The molecule has 2 aromatic carbocycles. The van der Waals surface area contributed by atoms with Gasteiger partial charge in [0.05, 0.1) is 23.7 Å². The molecule has 5 nitrogen and oxygen atoms in total. The van der Waals surface area contributed by atoms with Gasteiger partial charge in [0.15, 0.2) is 5.82 Å². The predicted molar refractivity (Wildman–Crippen MR) is 115 cm³/mol. The van der Waals surface area contributed by atoms with Crippen LogP contribution in [0.15, 0.2) is 65.2 Å². The summed E-state index contributed by atoms with van der Waals surface area (Å²) in [6, 6.07) is 12.5. The lowest BCUT2D eigenvalue weighted by molar-refractivity contribution is -0.137. The van der Waals surface area contributed by atoms with Crippen LogP contribution in [0.25, 0.3) is 22.3 Å². The largest absolute Gasteiger partial charge is 0.417 e. The number of aromatic nitrogens is 2. The molecule has 0 aliphatic carbocycles. The van der Waals surface area contributed by atoms with Crippen LogP contribution in [0, 0.1) is 0 Å². The summed E-state index contributed by atoms with van der Waals surface area (Å²) >= 11 is 0. The average Bonchev–Trinajstić information content (AvgIpc) is 3.14. The van der Waals surface area contributed by atoms with E-state index in [1.54, 1.807) is 25.3 Å². The topological polar surface area (TPSA) is 59.4 Å². The van der Waals surface area contributed by atoms with Gasteiger partial charge in [0.2, 0.25) is 0 Å². The van der Waals surface area contributed by atoms with Gasteiger partial charge in [0.1, 0.15) is 11.7 Å². The Morgan fingerprint density at radius 1 is 1.03 bits per heavy atom. The second kappa shape index (κ2) is 8.47. The Balaban J connectivity index is 1.81. The van der Waals surface area contributed by atoms with Gasteiger partial charge in [0.25, 0.3) is 0 Å². The molecule has 0 spiro atoms. The van der Waals surface area contributed by atoms with Gasteiger partial charge < -0.3 is 10.1 Å². The summed E-state index contributed by atoms with van der Waals surface area (Å²) < 4.78 is 45.9. The zero-order valence-electron chi connectivity index (χ0n) is 17.1. The van der Waals surface area contributed by atoms with Crippen LogP contribution >= 0.6 is 0 Å². The number of fused-ring (bicyclic) bond motifs is 1. The summed E-state index contributed by atoms with van der Waals surface area (Å²) in [5, 5.41) is 3.89. The van der Waals surface area contributed by atoms with Crippen molar-refractivity contribution in [1.29, 1.82) is 0 Å². The van der Waals surface area contributed by atoms with E-state index in [4.69, 9.17) is 4.74 Å². The minimum absolute atomic E-state index is 0.000794. The molecular formula is C23H21F3N4O. The number of hydrogen-bond acceptors (Lipinski definition) is 5. The van der Waals surface area contributed by atoms with E-state index >= 15 is 0 Å². The lowest BCUT2D eigenvalue weighted by atomic mass is 10.1. The normalized spacial score (nSPS) is 16.4. The molecule has 3 aromatic rings. The van der Waals surface area contributed by atoms with Crippen LogP contribution in [0.4, 0.5) is 19.0 Å². The Hall–Kier alpha value is -3.26. The number of aliphatic imine (C=N–C) groups is 1. The van der Waals surface area contributed by atoms with Crippen LogP contribution < -0.4 is 5.32 Å². The molecule has 31 heavy (non-hydrogen) atoms. The lowest BCUT2D eigenvalue weighted by Crippen LogP contribution is -2.12. The van der Waals surface area contributed by atoms with E-state index in [0.29, 0.717) is 29.2 Å². The predicted octanol–water partition coefficient (Wildman–Crippen LogP) is 5.49. The summed E-state index contributed by atoms with van der Waals surface area (Å²) in [5.74, 6) is 1.000. The lowest BCUT2D eigenvalue weighted by Gasteiger charge is -2.14. The first kappa shape index (κ1) is 21.0. The second-order valence-electron chi connectivity index (χ2n) is 7.17. The third-order valence-electron chi connectivity index (χ3n) is 5.07. The molecule has 1 aliphatic heterocycles. The van der Waals surface area contributed by atoms with E-state index in [9.17, 15) is 13.2 Å². The van der Waals surface area contributed by atoms with Crippen molar-refractivity contribution in [3.05, 3.63) is 65.7 Å². The molecule has 0 radical (unpaired) electrons. The maximum absolute atomic E-state index is 13.6. The fourth-order valence-electron chi connectivity index (χ4n) is 3.63. The smallest absolute Gasteiger partial charge is 0.380 e. The standard InChI is InChI=1S/C23H21F3N4O/c1-3-18-14(13-31-2)12-20(27-18)29-22-16-9-5-7-11-19(16)28-21(30-22)15-8-4-6-10-17(15)23(24,25)26/h4-12,18H,3,13H2,1-2H3,(H,27,28,29,30). The second-order valence-corrected chi connectivity index (χ2v) is 7.17. The first-order valence-corrected chi connectivity index (χ1v) is 9.88. The van der Waals surface area contributed by atoms with Crippen LogP contribution in [0.5, 0.6) is 0 Å². The molecule has 0 fully saturated rings. The van der Waals surface area contributed by atoms with Gasteiger partial charge in [-0.2, -0.15) is 13.2 Å². The van der Waals surface area contributed by atoms with E-state index in [1.807, 2.05) is 25.1 Å². The van der Waals surface area contributed by atoms with Gasteiger partial charge in [-0.1, -0.05) is 37.3 Å². The van der Waals surface area contributed by atoms with Gasteiger partial charge in [0, 0.05) is 18.1 Å². The highest BCUT2D eigenvalue weighted by Crippen LogP contribution is 2.37. The summed E-state index contributed by atoms with van der Waals surface area (Å²) in [5.41, 5.74) is 0.731. The molecule has 0 saturated heterocycles. The molecule has 2 heterocycles. The van der Waals surface area contributed by atoms with Crippen LogP contribution in [-0.2, 0) is 10.9 Å². The number of amidine groups is 1. The third kappa shape index (κ3) is 4.29. The number of hydrogen-bond donors (Lipinski definition) is 1. The van der Waals surface area contributed by atoms with Crippen molar-refractivity contribution in [3.63, 3.8) is 0 Å². The number of ether oxygens (including phenoxy) is 1. The SMILES string of the molecule is CCC1N=C(Nc2nc(-c3ccccc3C(F)(F)F)nc3ccccc23)C=C1COC. The maximum atomic E-state index is 13.6. The van der Waals surface area contributed by atoms with Crippen molar-refractivity contribution >= 4 is 22.6 Å². The van der Waals surface area contributed by atoms with Gasteiger partial charge in [-0.25, -0.2) is 9.97 Å². The fourth-order valence-corrected chi connectivity index (χ4v) is 3.63. The highest BCUT2D eigenvalue weighted by atomic mass is 19.4. The van der Waals surface area contributed by atoms with Gasteiger partial charge in [-0.15, -0.1) is 0 Å². The van der Waals surface area contributed by atoms with Crippen LogP contribution in [-0.4, -0.2) is 35.6 Å². The molecule has 0 saturated carbocycles. The van der Waals surface area contributed by atoms with Crippen molar-refractivity contribution in [2.75, 3.05) is 19.0 Å².